The van der Waals surface area contributed by atoms with Crippen molar-refractivity contribution in [3.05, 3.63) is 394 Å². The Labute approximate surface area is 656 Å². The number of fused-ring (bicyclic) bond motifs is 7. The van der Waals surface area contributed by atoms with Gasteiger partial charge in [-0.05, 0) is 290 Å². The minimum Gasteiger partial charge on any atom is -0.309 e. The minimum absolute atomic E-state index is 0.660. The summed E-state index contributed by atoms with van der Waals surface area (Å²) in [6.07, 6.45) is 5.48. The number of benzene rings is 18. The van der Waals surface area contributed by atoms with E-state index in [1.807, 2.05) is 66.9 Å². The Bertz CT molecular complexity index is 7750. The standard InChI is InChI=1S/C56H33N3.C51H30N4/c57-34-35-11-25-52-50(28-35)51-33-41(24-26-53(51)59(52)48-8-2-1-3-9-48)36-12-14-37(15-13-36)46-29-42-20-22-44-31-47(32-45-23-21-43(30-46)54(42)55(44)45)38-16-18-39(19-17-38)49-10-4-6-40-7-5-27-58-56(40)49;52-31-32-9-19-48-44(25-32)45-30-36(18-20-49(45)55(48)43-5-2-1-3-6-43)33-10-12-34(13-11-33)41-26-37-14-16-39-28-42(29-40-17-15-38(27-41)50(37)51(39)40)47-8-4-7-46(54-47)35-21-23-53-24-22-35/h1-33H;1-30H. The molecule has 0 saturated heterocycles. The maximum atomic E-state index is 9.73. The molecular weight excluding hydrogens is 1380 g/mol. The molecule has 18 aromatic carbocycles. The smallest absolute Gasteiger partial charge is 0.0991 e. The molecule has 0 aliphatic carbocycles. The van der Waals surface area contributed by atoms with Crippen LogP contribution in [0.25, 0.3) is 220 Å². The van der Waals surface area contributed by atoms with Crippen molar-refractivity contribution in [1.29, 1.82) is 10.5 Å². The van der Waals surface area contributed by atoms with Crippen LogP contribution in [0.3, 0.4) is 0 Å². The predicted octanol–water partition coefficient (Wildman–Crippen LogP) is 27.8. The van der Waals surface area contributed by atoms with Gasteiger partial charge in [-0.25, -0.2) is 4.98 Å². The van der Waals surface area contributed by atoms with Crippen LogP contribution in [-0.4, -0.2) is 24.1 Å². The topological polar surface area (TPSA) is 96.1 Å². The van der Waals surface area contributed by atoms with E-state index in [0.29, 0.717) is 11.1 Å². The van der Waals surface area contributed by atoms with Gasteiger partial charge in [0.2, 0.25) is 0 Å². The summed E-state index contributed by atoms with van der Waals surface area (Å²) in [5.41, 5.74) is 27.1. The van der Waals surface area contributed by atoms with Crippen molar-refractivity contribution < 1.29 is 0 Å². The van der Waals surface area contributed by atoms with Crippen molar-refractivity contribution >= 4 is 119 Å². The molecule has 5 heterocycles. The molecule has 0 unspecified atom stereocenters. The first-order valence-electron chi connectivity index (χ1n) is 38.4. The van der Waals surface area contributed by atoms with Crippen molar-refractivity contribution in [3.8, 4) is 113 Å². The van der Waals surface area contributed by atoms with Gasteiger partial charge in [-0.1, -0.05) is 200 Å². The van der Waals surface area contributed by atoms with Crippen LogP contribution >= 0.6 is 0 Å². The monoisotopic (exact) mass is 1450 g/mol. The number of pyridine rings is 3. The largest absolute Gasteiger partial charge is 0.309 e. The summed E-state index contributed by atoms with van der Waals surface area (Å²) in [6.45, 7) is 0. The summed E-state index contributed by atoms with van der Waals surface area (Å²) in [4.78, 5) is 13.9. The molecule has 526 valence electrons. The molecule has 7 heteroatoms. The molecule has 7 nitrogen and oxygen atoms in total. The van der Waals surface area contributed by atoms with Crippen molar-refractivity contribution in [3.63, 3.8) is 0 Å². The molecule has 0 fully saturated rings. The number of hydrogen-bond acceptors (Lipinski definition) is 5. The number of aromatic nitrogens is 5. The fraction of sp³-hybridized carbons (Fsp3) is 0. The van der Waals surface area contributed by atoms with Gasteiger partial charge in [-0.2, -0.15) is 10.5 Å². The Kier molecular flexibility index (Phi) is 15.3. The molecule has 0 aliphatic rings. The first-order chi connectivity index (χ1) is 56.3. The van der Waals surface area contributed by atoms with Gasteiger partial charge < -0.3 is 9.13 Å². The molecule has 23 aromatic rings. The summed E-state index contributed by atoms with van der Waals surface area (Å²) in [7, 11) is 0. The highest BCUT2D eigenvalue weighted by Crippen LogP contribution is 2.45. The normalized spacial score (nSPS) is 11.7. The average molecular weight is 1450 g/mol. The second kappa shape index (κ2) is 26.6. The minimum atomic E-state index is 0.660. The van der Waals surface area contributed by atoms with E-state index >= 15 is 0 Å². The third-order valence-corrected chi connectivity index (χ3v) is 23.2. The molecule has 0 saturated carbocycles. The maximum Gasteiger partial charge on any atom is 0.0991 e. The number of nitrogens with zero attached hydrogens (tertiary/aromatic N) is 7. The summed E-state index contributed by atoms with van der Waals surface area (Å²) in [6, 6.07) is 135. The molecule has 0 aliphatic heterocycles. The lowest BCUT2D eigenvalue weighted by atomic mass is 9.89. The fourth-order valence-corrected chi connectivity index (χ4v) is 17.7. The van der Waals surface area contributed by atoms with E-state index in [0.717, 1.165) is 116 Å². The molecule has 0 amide bonds. The van der Waals surface area contributed by atoms with Gasteiger partial charge in [0.1, 0.15) is 0 Å². The lowest BCUT2D eigenvalue weighted by molar-refractivity contribution is 1.18. The van der Waals surface area contributed by atoms with Crippen LogP contribution in [0.1, 0.15) is 11.1 Å². The Morgan fingerprint density at radius 2 is 0.570 bits per heavy atom. The number of para-hydroxylation sites is 3. The van der Waals surface area contributed by atoms with Crippen LogP contribution in [0.5, 0.6) is 0 Å². The summed E-state index contributed by atoms with van der Waals surface area (Å²) < 4.78 is 4.57. The number of hydrogen-bond donors (Lipinski definition) is 0. The van der Waals surface area contributed by atoms with Crippen molar-refractivity contribution in [2.45, 2.75) is 0 Å². The fourth-order valence-electron chi connectivity index (χ4n) is 17.7. The van der Waals surface area contributed by atoms with E-state index in [9.17, 15) is 10.5 Å². The summed E-state index contributed by atoms with van der Waals surface area (Å²) in [5, 5.41) is 40.1. The van der Waals surface area contributed by atoms with Gasteiger partial charge in [-0.3, -0.25) is 9.97 Å². The SMILES string of the molecule is N#Cc1ccc2c(c1)c1cc(-c3ccc(-c4cc5ccc6cc(-c7ccc(-c8cccc9cccnc89)cc7)cc7ccc(c4)c5c67)cc3)ccc1n2-c1ccccc1.N#Cc1ccc2c(c1)c1cc(-c3ccc(-c4cc5ccc6cc(-c7cccc(-c8ccncc8)n7)cc7ccc(c4)c5c67)cc3)ccc1n2-c1ccccc1. The second-order valence-electron chi connectivity index (χ2n) is 29.7. The molecule has 0 radical (unpaired) electrons. The van der Waals surface area contributed by atoms with Crippen LogP contribution in [0.2, 0.25) is 0 Å². The molecule has 0 spiro atoms. The summed E-state index contributed by atoms with van der Waals surface area (Å²) >= 11 is 0. The van der Waals surface area contributed by atoms with Gasteiger partial charge in [-0.15, -0.1) is 0 Å². The van der Waals surface area contributed by atoms with E-state index in [-0.39, 0.29) is 0 Å². The zero-order valence-electron chi connectivity index (χ0n) is 61.5. The van der Waals surface area contributed by atoms with Gasteiger partial charge in [0.25, 0.3) is 0 Å². The van der Waals surface area contributed by atoms with Crippen molar-refractivity contribution in [2.24, 2.45) is 0 Å². The zero-order chi connectivity index (χ0) is 75.5. The maximum absolute atomic E-state index is 9.73. The van der Waals surface area contributed by atoms with E-state index < -0.39 is 0 Å². The van der Waals surface area contributed by atoms with Gasteiger partial charge >= 0.3 is 0 Å². The van der Waals surface area contributed by atoms with Crippen LogP contribution in [0.15, 0.2) is 383 Å². The average Bonchev–Trinajstić information content (AvgIpc) is 0.900. The summed E-state index contributed by atoms with van der Waals surface area (Å²) in [5.74, 6) is 0. The van der Waals surface area contributed by atoms with E-state index in [4.69, 9.17) is 4.98 Å². The van der Waals surface area contributed by atoms with E-state index in [1.54, 1.807) is 12.4 Å². The van der Waals surface area contributed by atoms with E-state index in [1.165, 1.54) is 104 Å². The zero-order valence-corrected chi connectivity index (χ0v) is 61.5. The van der Waals surface area contributed by atoms with Crippen molar-refractivity contribution in [1.82, 2.24) is 24.1 Å². The third kappa shape index (κ3) is 11.1. The van der Waals surface area contributed by atoms with Crippen LogP contribution in [0.4, 0.5) is 0 Å². The molecule has 114 heavy (non-hydrogen) atoms. The molecule has 5 aromatic heterocycles. The van der Waals surface area contributed by atoms with E-state index in [2.05, 4.69) is 335 Å². The Hall–Kier alpha value is -15.7. The number of nitriles is 2. The van der Waals surface area contributed by atoms with Gasteiger partial charge in [0, 0.05) is 73.6 Å². The lowest BCUT2D eigenvalue weighted by Gasteiger charge is -2.15. The third-order valence-electron chi connectivity index (χ3n) is 23.2. The first kappa shape index (κ1) is 65.4. The molecule has 0 bridgehead atoms. The molecule has 0 N–H and O–H groups in total. The Morgan fingerprint density at radius 3 is 0.982 bits per heavy atom. The van der Waals surface area contributed by atoms with Crippen LogP contribution < -0.4 is 0 Å². The van der Waals surface area contributed by atoms with Crippen LogP contribution in [-0.2, 0) is 0 Å². The van der Waals surface area contributed by atoms with Gasteiger partial charge in [0.15, 0.2) is 0 Å². The highest BCUT2D eigenvalue weighted by molar-refractivity contribution is 6.26. The molecular formula is C107H63N7. The number of rotatable bonds is 10. The predicted molar refractivity (Wildman–Crippen MR) is 473 cm³/mol. The Morgan fingerprint density at radius 1 is 0.228 bits per heavy atom. The van der Waals surface area contributed by atoms with Crippen LogP contribution in [0, 0.1) is 22.7 Å². The highest BCUT2D eigenvalue weighted by Gasteiger charge is 2.21. The van der Waals surface area contributed by atoms with Gasteiger partial charge in [0.05, 0.1) is 62.2 Å². The first-order valence-corrected chi connectivity index (χ1v) is 38.4. The second-order valence-corrected chi connectivity index (χ2v) is 29.7. The lowest BCUT2D eigenvalue weighted by Crippen LogP contribution is -1.93. The Balaban J connectivity index is 0.000000139. The molecule has 0 atom stereocenters. The van der Waals surface area contributed by atoms with Crippen molar-refractivity contribution in [2.75, 3.05) is 0 Å². The highest BCUT2D eigenvalue weighted by atomic mass is 15.0. The quantitative estimate of drug-likeness (QED) is 0.127. The molecule has 23 rings (SSSR count).